The van der Waals surface area contributed by atoms with Crippen LogP contribution in [-0.2, 0) is 17.8 Å². The van der Waals surface area contributed by atoms with Crippen LogP contribution in [0.3, 0.4) is 0 Å². The minimum Gasteiger partial charge on any atom is -0.480 e. The molecule has 0 aliphatic carbocycles. The average Bonchev–Trinajstić information content (AvgIpc) is 3.18. The Labute approximate surface area is 201 Å². The molecule has 178 valence electrons. The van der Waals surface area contributed by atoms with Crippen molar-refractivity contribution in [3.63, 3.8) is 0 Å². The monoisotopic (exact) mass is 459 g/mol. The molecule has 1 unspecified atom stereocenters. The number of ether oxygens (including phenoxy) is 2. The maximum absolute atomic E-state index is 5.97. The highest BCUT2D eigenvalue weighted by atomic mass is 16.5. The van der Waals surface area contributed by atoms with Crippen LogP contribution in [-0.4, -0.2) is 38.4 Å². The normalized spacial score (nSPS) is 12.4. The van der Waals surface area contributed by atoms with E-state index >= 15 is 0 Å². The van der Waals surface area contributed by atoms with Crippen LogP contribution in [0.1, 0.15) is 62.3 Å². The number of aromatic nitrogens is 5. The Balaban J connectivity index is 1.67. The zero-order chi connectivity index (χ0) is 24.2. The lowest BCUT2D eigenvalue weighted by molar-refractivity contribution is 0.0924. The molecule has 0 fully saturated rings. The van der Waals surface area contributed by atoms with Gasteiger partial charge < -0.3 is 9.47 Å². The number of aryl methyl sites for hydroxylation is 2. The maximum Gasteiger partial charge on any atom is 0.222 e. The fourth-order valence-corrected chi connectivity index (χ4v) is 3.99. The van der Waals surface area contributed by atoms with Crippen molar-refractivity contribution in [1.29, 1.82) is 0 Å². The van der Waals surface area contributed by atoms with Gasteiger partial charge in [-0.2, -0.15) is 5.10 Å². The van der Waals surface area contributed by atoms with E-state index in [-0.39, 0.29) is 6.04 Å². The minimum absolute atomic E-state index is 0.0197. The number of fused-ring (bicyclic) bond motifs is 1. The van der Waals surface area contributed by atoms with E-state index < -0.39 is 0 Å². The fourth-order valence-electron chi connectivity index (χ4n) is 3.99. The first-order valence-electron chi connectivity index (χ1n) is 11.9. The standard InChI is InChI=1S/C27H33N5O2/c1-7-22-25(21-13-14-23(17(2)3)29-27(21)33-6)30-24-19(5)31-32(26(24)28-22)18(4)15-34-16-20-11-9-8-10-12-20/h8-14,17-18H,7,15-16H2,1-6H3. The minimum atomic E-state index is 0.0197. The predicted molar refractivity (Wildman–Crippen MR) is 134 cm³/mol. The molecular formula is C27H33N5O2. The quantitative estimate of drug-likeness (QED) is 0.321. The third-order valence-corrected chi connectivity index (χ3v) is 5.91. The third-order valence-electron chi connectivity index (χ3n) is 5.91. The van der Waals surface area contributed by atoms with Crippen LogP contribution in [0.5, 0.6) is 5.88 Å². The van der Waals surface area contributed by atoms with E-state index in [0.29, 0.717) is 25.0 Å². The van der Waals surface area contributed by atoms with Gasteiger partial charge in [-0.1, -0.05) is 51.1 Å². The lowest BCUT2D eigenvalue weighted by Gasteiger charge is -2.15. The van der Waals surface area contributed by atoms with Gasteiger partial charge in [0.25, 0.3) is 0 Å². The molecule has 0 saturated carbocycles. The van der Waals surface area contributed by atoms with E-state index in [1.54, 1.807) is 7.11 Å². The van der Waals surface area contributed by atoms with Crippen LogP contribution in [0, 0.1) is 6.92 Å². The van der Waals surface area contributed by atoms with E-state index in [2.05, 4.69) is 39.8 Å². The molecular weight excluding hydrogens is 426 g/mol. The van der Waals surface area contributed by atoms with Crippen molar-refractivity contribution in [2.24, 2.45) is 0 Å². The summed E-state index contributed by atoms with van der Waals surface area (Å²) in [6.45, 7) is 11.5. The van der Waals surface area contributed by atoms with Crippen molar-refractivity contribution in [1.82, 2.24) is 24.7 Å². The first kappa shape index (κ1) is 23.8. The fraction of sp³-hybridized carbons (Fsp3) is 0.407. The second-order valence-electron chi connectivity index (χ2n) is 8.87. The number of benzene rings is 1. The summed E-state index contributed by atoms with van der Waals surface area (Å²) in [5.74, 6) is 0.885. The second kappa shape index (κ2) is 10.3. The molecule has 1 atom stereocenters. The summed E-state index contributed by atoms with van der Waals surface area (Å²) in [6.07, 6.45) is 0.733. The number of methoxy groups -OCH3 is 1. The SMILES string of the molecule is CCc1nc2c(nc1-c1ccc(C(C)C)nc1OC)c(C)nn2C(C)COCc1ccccc1. The number of rotatable bonds is 9. The number of nitrogens with zero attached hydrogens (tertiary/aromatic N) is 5. The average molecular weight is 460 g/mol. The molecule has 0 radical (unpaired) electrons. The molecule has 7 heteroatoms. The van der Waals surface area contributed by atoms with Crippen LogP contribution in [0.15, 0.2) is 42.5 Å². The Hall–Kier alpha value is -3.32. The Bertz CT molecular complexity index is 1270. The molecule has 1 aromatic carbocycles. The molecule has 0 aliphatic heterocycles. The number of hydrogen-bond acceptors (Lipinski definition) is 6. The molecule has 3 heterocycles. The molecule has 0 amide bonds. The van der Waals surface area contributed by atoms with E-state index in [1.165, 1.54) is 0 Å². The Morgan fingerprint density at radius 3 is 2.41 bits per heavy atom. The molecule has 0 bridgehead atoms. The number of pyridine rings is 1. The Morgan fingerprint density at radius 1 is 0.971 bits per heavy atom. The summed E-state index contributed by atoms with van der Waals surface area (Å²) in [5.41, 5.74) is 7.09. The van der Waals surface area contributed by atoms with E-state index in [4.69, 9.17) is 29.5 Å². The smallest absolute Gasteiger partial charge is 0.222 e. The molecule has 0 N–H and O–H groups in total. The predicted octanol–water partition coefficient (Wildman–Crippen LogP) is 5.67. The lowest BCUT2D eigenvalue weighted by Crippen LogP contribution is -2.15. The summed E-state index contributed by atoms with van der Waals surface area (Å²) in [6, 6.07) is 14.3. The van der Waals surface area contributed by atoms with Gasteiger partial charge in [0.15, 0.2) is 5.65 Å². The van der Waals surface area contributed by atoms with Gasteiger partial charge in [0.05, 0.1) is 49.0 Å². The summed E-state index contributed by atoms with van der Waals surface area (Å²) in [5, 5.41) is 4.77. The van der Waals surface area contributed by atoms with E-state index in [0.717, 1.165) is 51.5 Å². The zero-order valence-corrected chi connectivity index (χ0v) is 20.9. The van der Waals surface area contributed by atoms with Gasteiger partial charge in [0, 0.05) is 5.69 Å². The molecule has 3 aromatic heterocycles. The van der Waals surface area contributed by atoms with Gasteiger partial charge in [-0.25, -0.2) is 19.6 Å². The first-order chi connectivity index (χ1) is 16.4. The topological polar surface area (TPSA) is 75.0 Å². The van der Waals surface area contributed by atoms with Crippen LogP contribution < -0.4 is 4.74 Å². The maximum atomic E-state index is 5.97. The molecule has 0 aliphatic rings. The molecule has 4 aromatic rings. The van der Waals surface area contributed by atoms with Crippen LogP contribution in [0.4, 0.5) is 0 Å². The highest BCUT2D eigenvalue weighted by Crippen LogP contribution is 2.33. The van der Waals surface area contributed by atoms with Crippen LogP contribution in [0.2, 0.25) is 0 Å². The van der Waals surface area contributed by atoms with E-state index in [9.17, 15) is 0 Å². The second-order valence-corrected chi connectivity index (χ2v) is 8.87. The van der Waals surface area contributed by atoms with Gasteiger partial charge in [-0.05, 0) is 43.9 Å². The van der Waals surface area contributed by atoms with Crippen molar-refractivity contribution in [2.45, 2.75) is 59.6 Å². The van der Waals surface area contributed by atoms with Crippen molar-refractivity contribution in [3.8, 4) is 17.1 Å². The van der Waals surface area contributed by atoms with Gasteiger partial charge in [-0.3, -0.25) is 0 Å². The first-order valence-corrected chi connectivity index (χ1v) is 11.9. The number of hydrogen-bond donors (Lipinski definition) is 0. The lowest BCUT2D eigenvalue weighted by atomic mass is 10.1. The Kier molecular flexibility index (Phi) is 7.22. The van der Waals surface area contributed by atoms with Crippen molar-refractivity contribution < 1.29 is 9.47 Å². The Morgan fingerprint density at radius 2 is 1.74 bits per heavy atom. The highest BCUT2D eigenvalue weighted by Gasteiger charge is 2.21. The largest absolute Gasteiger partial charge is 0.480 e. The summed E-state index contributed by atoms with van der Waals surface area (Å²) in [7, 11) is 1.65. The molecule has 4 rings (SSSR count). The van der Waals surface area contributed by atoms with Gasteiger partial charge >= 0.3 is 0 Å². The molecule has 34 heavy (non-hydrogen) atoms. The van der Waals surface area contributed by atoms with E-state index in [1.807, 2.05) is 41.9 Å². The van der Waals surface area contributed by atoms with Gasteiger partial charge in [0.1, 0.15) is 5.52 Å². The molecule has 0 spiro atoms. The molecule has 0 saturated heterocycles. The third kappa shape index (κ3) is 4.80. The van der Waals surface area contributed by atoms with Crippen LogP contribution in [0.25, 0.3) is 22.4 Å². The van der Waals surface area contributed by atoms with Crippen LogP contribution >= 0.6 is 0 Å². The summed E-state index contributed by atoms with van der Waals surface area (Å²) in [4.78, 5) is 14.7. The van der Waals surface area contributed by atoms with Gasteiger partial charge in [-0.15, -0.1) is 0 Å². The zero-order valence-electron chi connectivity index (χ0n) is 20.9. The summed E-state index contributed by atoms with van der Waals surface area (Å²) < 4.78 is 13.5. The summed E-state index contributed by atoms with van der Waals surface area (Å²) >= 11 is 0. The van der Waals surface area contributed by atoms with Crippen molar-refractivity contribution in [2.75, 3.05) is 13.7 Å². The molecule has 7 nitrogen and oxygen atoms in total. The van der Waals surface area contributed by atoms with Gasteiger partial charge in [0.2, 0.25) is 5.88 Å². The van der Waals surface area contributed by atoms with Crippen molar-refractivity contribution >= 4 is 11.2 Å². The van der Waals surface area contributed by atoms with Crippen molar-refractivity contribution in [3.05, 3.63) is 65.1 Å². The highest BCUT2D eigenvalue weighted by molar-refractivity contribution is 5.79.